The maximum Gasteiger partial charge on any atom is 0.303 e. The number of nitrogens with one attached hydrogen (secondary N) is 1. The van der Waals surface area contributed by atoms with Crippen molar-refractivity contribution in [3.8, 4) is 22.9 Å². The lowest BCUT2D eigenvalue weighted by Gasteiger charge is -2.31. The normalized spacial score (nSPS) is 16.9. The average Bonchev–Trinajstić information content (AvgIpc) is 2.90. The van der Waals surface area contributed by atoms with Gasteiger partial charge in [0.05, 0.1) is 18.1 Å². The third kappa shape index (κ3) is 7.11. The van der Waals surface area contributed by atoms with Gasteiger partial charge in [-0.2, -0.15) is 0 Å². The second kappa shape index (κ2) is 12.3. The molecule has 1 aromatic carbocycles. The Balaban J connectivity index is 1.36. The molecule has 0 amide bonds. The molecule has 0 radical (unpaired) electrons. The number of carboxylic acids is 1. The summed E-state index contributed by atoms with van der Waals surface area (Å²) in [6, 6.07) is 9.27. The van der Waals surface area contributed by atoms with Gasteiger partial charge in [0.2, 0.25) is 11.8 Å². The second-order valence-electron chi connectivity index (χ2n) is 9.73. The highest BCUT2D eigenvalue weighted by Gasteiger charge is 2.22. The summed E-state index contributed by atoms with van der Waals surface area (Å²) < 4.78 is 6.12. The van der Waals surface area contributed by atoms with E-state index >= 15 is 0 Å². The maximum atomic E-state index is 11.1. The van der Waals surface area contributed by atoms with Crippen LogP contribution in [0.3, 0.4) is 0 Å². The van der Waals surface area contributed by atoms with Crippen LogP contribution in [0.1, 0.15) is 24.8 Å². The molecule has 38 heavy (non-hydrogen) atoms. The molecule has 2 aliphatic heterocycles. The van der Waals surface area contributed by atoms with E-state index < -0.39 is 5.97 Å². The number of benzene rings is 1. The van der Waals surface area contributed by atoms with E-state index in [1.165, 1.54) is 0 Å². The van der Waals surface area contributed by atoms with Crippen LogP contribution in [0.2, 0.25) is 10.0 Å². The van der Waals surface area contributed by atoms with Crippen molar-refractivity contribution in [3.05, 3.63) is 58.3 Å². The first kappa shape index (κ1) is 26.6. The number of rotatable bonds is 8. The zero-order valence-electron chi connectivity index (χ0n) is 20.9. The minimum absolute atomic E-state index is 0.230. The largest absolute Gasteiger partial charge is 0.481 e. The quantitative estimate of drug-likeness (QED) is 0.407. The number of nitrogens with zero attached hydrogens (tertiary/aromatic N) is 5. The third-order valence-electron chi connectivity index (χ3n) is 6.83. The monoisotopic (exact) mass is 556 g/mol. The van der Waals surface area contributed by atoms with Gasteiger partial charge < -0.3 is 20.1 Å². The molecule has 9 nitrogen and oxygen atoms in total. The molecule has 0 bridgehead atoms. The average molecular weight is 557 g/mol. The fraction of sp³-hybridized carbons (Fsp3) is 0.407. The predicted molar refractivity (Wildman–Crippen MR) is 147 cm³/mol. The first-order valence-corrected chi connectivity index (χ1v) is 13.5. The number of hydrogen-bond donors (Lipinski definition) is 2. The van der Waals surface area contributed by atoms with Gasteiger partial charge in [-0.05, 0) is 61.7 Å². The number of anilines is 1. The number of carbonyl (C=O) groups is 1. The second-order valence-corrected chi connectivity index (χ2v) is 10.6. The Hall–Kier alpha value is -2.98. The van der Waals surface area contributed by atoms with Crippen molar-refractivity contribution in [2.75, 3.05) is 44.2 Å². The summed E-state index contributed by atoms with van der Waals surface area (Å²) in [5.74, 6) is 1.11. The molecule has 5 rings (SSSR count). The Kier molecular flexibility index (Phi) is 8.58. The lowest BCUT2D eigenvalue weighted by Crippen LogP contribution is -2.44. The van der Waals surface area contributed by atoms with Crippen LogP contribution in [-0.4, -0.2) is 70.2 Å². The molecule has 3 aromatic rings. The van der Waals surface area contributed by atoms with Gasteiger partial charge in [0.1, 0.15) is 0 Å². The summed E-state index contributed by atoms with van der Waals surface area (Å²) in [6.45, 7) is 5.92. The zero-order chi connectivity index (χ0) is 26.5. The molecule has 0 spiro atoms. The smallest absolute Gasteiger partial charge is 0.303 e. The van der Waals surface area contributed by atoms with Gasteiger partial charge in [-0.3, -0.25) is 9.69 Å². The summed E-state index contributed by atoms with van der Waals surface area (Å²) in [5.41, 5.74) is 2.51. The molecular weight excluding hydrogens is 527 g/mol. The highest BCUT2D eigenvalue weighted by molar-refractivity contribution is 6.35. The molecule has 2 aliphatic rings. The summed E-state index contributed by atoms with van der Waals surface area (Å²) in [5, 5.41) is 13.5. The Labute approximate surface area is 231 Å². The Morgan fingerprint density at radius 3 is 2.34 bits per heavy atom. The third-order valence-corrected chi connectivity index (χ3v) is 7.27. The number of aromatic nitrogens is 3. The van der Waals surface area contributed by atoms with E-state index in [1.807, 2.05) is 24.3 Å². The van der Waals surface area contributed by atoms with Crippen LogP contribution in [0.5, 0.6) is 11.6 Å². The van der Waals surface area contributed by atoms with Crippen LogP contribution in [-0.2, 0) is 11.3 Å². The maximum absolute atomic E-state index is 11.1. The van der Waals surface area contributed by atoms with E-state index in [-0.39, 0.29) is 12.3 Å². The van der Waals surface area contributed by atoms with E-state index in [1.54, 1.807) is 18.5 Å². The molecule has 0 aliphatic carbocycles. The Morgan fingerprint density at radius 2 is 1.68 bits per heavy atom. The molecule has 200 valence electrons. The van der Waals surface area contributed by atoms with E-state index in [0.29, 0.717) is 39.9 Å². The standard InChI is InChI=1S/C27H30Cl2N6O3/c28-21-12-20(13-22(29)14-21)24-9-19(17-34-5-1-18(2-6-34)11-26(36)37)10-25(33-24)38-23-15-31-27(32-16-23)35-7-3-30-4-8-35/h9-10,12-16,18,30H,1-8,11,17H2,(H,36,37). The van der Waals surface area contributed by atoms with E-state index in [4.69, 9.17) is 38.0 Å². The number of aliphatic carboxylic acids is 1. The molecule has 2 fully saturated rings. The SMILES string of the molecule is O=C(O)CC1CCN(Cc2cc(Oc3cnc(N4CCNCC4)nc3)nc(-c3cc(Cl)cc(Cl)c3)c2)CC1. The van der Waals surface area contributed by atoms with Gasteiger partial charge in [-0.25, -0.2) is 15.0 Å². The fourth-order valence-electron chi connectivity index (χ4n) is 4.92. The molecule has 0 atom stereocenters. The van der Waals surface area contributed by atoms with Crippen LogP contribution >= 0.6 is 23.2 Å². The Bertz CT molecular complexity index is 1240. The topological polar surface area (TPSA) is 104 Å². The molecule has 2 saturated heterocycles. The van der Waals surface area contributed by atoms with Crippen molar-refractivity contribution in [2.45, 2.75) is 25.8 Å². The summed E-state index contributed by atoms with van der Waals surface area (Å²) in [7, 11) is 0. The highest BCUT2D eigenvalue weighted by Crippen LogP contribution is 2.31. The number of piperidine rings is 1. The highest BCUT2D eigenvalue weighted by atomic mass is 35.5. The molecule has 0 unspecified atom stereocenters. The van der Waals surface area contributed by atoms with E-state index in [2.05, 4.69) is 25.1 Å². The number of halogens is 2. The number of hydrogen-bond acceptors (Lipinski definition) is 8. The van der Waals surface area contributed by atoms with E-state index in [9.17, 15) is 4.79 Å². The number of pyridine rings is 1. The van der Waals surface area contributed by atoms with Crippen molar-refractivity contribution in [3.63, 3.8) is 0 Å². The number of likely N-dealkylation sites (tertiary alicyclic amines) is 1. The molecule has 4 heterocycles. The van der Waals surface area contributed by atoms with E-state index in [0.717, 1.165) is 63.2 Å². The van der Waals surface area contributed by atoms with Gasteiger partial charge in [-0.15, -0.1) is 0 Å². The van der Waals surface area contributed by atoms with Crippen molar-refractivity contribution >= 4 is 35.1 Å². The van der Waals surface area contributed by atoms with Crippen LogP contribution < -0.4 is 15.0 Å². The molecule has 2 aromatic heterocycles. The van der Waals surface area contributed by atoms with Crippen molar-refractivity contribution < 1.29 is 14.6 Å². The minimum atomic E-state index is -0.728. The van der Waals surface area contributed by atoms with Crippen LogP contribution in [0.15, 0.2) is 42.7 Å². The number of ether oxygens (including phenoxy) is 1. The number of carboxylic acid groups (broad SMARTS) is 1. The molecular formula is C27H30Cl2N6O3. The molecule has 0 saturated carbocycles. The van der Waals surface area contributed by atoms with Gasteiger partial charge in [0, 0.05) is 60.8 Å². The van der Waals surface area contributed by atoms with Crippen molar-refractivity contribution in [1.82, 2.24) is 25.2 Å². The zero-order valence-corrected chi connectivity index (χ0v) is 22.5. The van der Waals surface area contributed by atoms with Crippen LogP contribution in [0.25, 0.3) is 11.3 Å². The number of piperazine rings is 1. The van der Waals surface area contributed by atoms with Crippen molar-refractivity contribution in [1.29, 1.82) is 0 Å². The Morgan fingerprint density at radius 1 is 1.00 bits per heavy atom. The van der Waals surface area contributed by atoms with Crippen molar-refractivity contribution in [2.24, 2.45) is 5.92 Å². The van der Waals surface area contributed by atoms with Gasteiger partial charge in [0.15, 0.2) is 5.75 Å². The summed E-state index contributed by atoms with van der Waals surface area (Å²) in [4.78, 5) is 29.3. The van der Waals surface area contributed by atoms with Gasteiger partial charge in [-0.1, -0.05) is 23.2 Å². The first-order valence-electron chi connectivity index (χ1n) is 12.8. The first-order chi connectivity index (χ1) is 18.4. The van der Waals surface area contributed by atoms with Crippen LogP contribution in [0, 0.1) is 5.92 Å². The van der Waals surface area contributed by atoms with Crippen LogP contribution in [0.4, 0.5) is 5.95 Å². The predicted octanol–water partition coefficient (Wildman–Crippen LogP) is 4.73. The lowest BCUT2D eigenvalue weighted by atomic mass is 9.93. The lowest BCUT2D eigenvalue weighted by molar-refractivity contribution is -0.138. The minimum Gasteiger partial charge on any atom is -0.481 e. The molecule has 2 N–H and O–H groups in total. The van der Waals surface area contributed by atoms with Gasteiger partial charge >= 0.3 is 5.97 Å². The molecule has 11 heteroatoms. The fourth-order valence-corrected chi connectivity index (χ4v) is 5.44. The summed E-state index contributed by atoms with van der Waals surface area (Å²) >= 11 is 12.6. The van der Waals surface area contributed by atoms with Gasteiger partial charge in [0.25, 0.3) is 0 Å². The summed E-state index contributed by atoms with van der Waals surface area (Å²) in [6.07, 6.45) is 5.31.